The molecule has 2 fully saturated rings. The molecule has 2 aliphatic heterocycles. The van der Waals surface area contributed by atoms with Gasteiger partial charge in [0.1, 0.15) is 0 Å². The fourth-order valence-corrected chi connectivity index (χ4v) is 5.40. The largest absolute Gasteiger partial charge is 0.376 e. The first-order valence-electron chi connectivity index (χ1n) is 11.4. The van der Waals surface area contributed by atoms with E-state index in [0.29, 0.717) is 0 Å². The van der Waals surface area contributed by atoms with Crippen molar-refractivity contribution in [3.05, 3.63) is 89.0 Å². The number of ether oxygens (including phenoxy) is 1. The van der Waals surface area contributed by atoms with E-state index in [1.807, 2.05) is 18.3 Å². The summed E-state index contributed by atoms with van der Waals surface area (Å²) >= 11 is 5.84. The van der Waals surface area contributed by atoms with Crippen LogP contribution in [-0.4, -0.2) is 38.8 Å². The summed E-state index contributed by atoms with van der Waals surface area (Å²) in [6.07, 6.45) is 4.30. The first kappa shape index (κ1) is 21.2. The van der Waals surface area contributed by atoms with Crippen LogP contribution in [-0.2, 0) is 11.3 Å². The SMILES string of the molecule is Cc1cc([C@@H]2[C@H](c3ccccn3)NC(=S)N2C[C@@H]2CCCO2)c(C)n1Cc1ccccc1. The highest BCUT2D eigenvalue weighted by molar-refractivity contribution is 7.80. The van der Waals surface area contributed by atoms with E-state index in [4.69, 9.17) is 17.0 Å². The zero-order valence-corrected chi connectivity index (χ0v) is 19.5. The van der Waals surface area contributed by atoms with Gasteiger partial charge in [-0.1, -0.05) is 36.4 Å². The molecule has 2 aliphatic rings. The van der Waals surface area contributed by atoms with Crippen molar-refractivity contribution in [2.24, 2.45) is 0 Å². The average molecular weight is 447 g/mol. The number of pyridine rings is 1. The molecule has 2 saturated heterocycles. The molecule has 1 N–H and O–H groups in total. The number of aryl methyl sites for hydroxylation is 1. The van der Waals surface area contributed by atoms with Gasteiger partial charge in [-0.2, -0.15) is 0 Å². The molecule has 0 unspecified atom stereocenters. The quantitative estimate of drug-likeness (QED) is 0.556. The van der Waals surface area contributed by atoms with Crippen LogP contribution in [0.2, 0.25) is 0 Å². The van der Waals surface area contributed by atoms with Crippen molar-refractivity contribution in [2.75, 3.05) is 13.2 Å². The standard InChI is InChI=1S/C26H30N4OS/c1-18-15-22(19(2)29(18)16-20-9-4-3-5-10-20)25-24(23-12-6-7-13-27-23)28-26(32)30(25)17-21-11-8-14-31-21/h3-7,9-10,12-13,15,21,24-25H,8,11,14,16-17H2,1-2H3,(H,28,32)/t21-,24-,25+/m0/s1. The summed E-state index contributed by atoms with van der Waals surface area (Å²) < 4.78 is 8.39. The lowest BCUT2D eigenvalue weighted by atomic mass is 9.96. The van der Waals surface area contributed by atoms with E-state index in [1.165, 1.54) is 22.5 Å². The first-order valence-corrected chi connectivity index (χ1v) is 11.8. The van der Waals surface area contributed by atoms with Gasteiger partial charge in [-0.05, 0) is 68.2 Å². The minimum Gasteiger partial charge on any atom is -0.376 e. The Labute approximate surface area is 195 Å². The Hall–Kier alpha value is -2.70. The molecule has 0 bridgehead atoms. The molecule has 6 heteroatoms. The van der Waals surface area contributed by atoms with Gasteiger partial charge >= 0.3 is 0 Å². The molecule has 0 aliphatic carbocycles. The van der Waals surface area contributed by atoms with Gasteiger partial charge in [-0.15, -0.1) is 0 Å². The third-order valence-corrected chi connectivity index (χ3v) is 7.09. The van der Waals surface area contributed by atoms with Crippen LogP contribution in [0.25, 0.3) is 0 Å². The van der Waals surface area contributed by atoms with Crippen molar-refractivity contribution in [2.45, 2.75) is 51.4 Å². The number of aromatic nitrogens is 2. The number of rotatable bonds is 6. The Morgan fingerprint density at radius 3 is 2.66 bits per heavy atom. The molecule has 2 aromatic heterocycles. The van der Waals surface area contributed by atoms with E-state index in [2.05, 4.69) is 76.1 Å². The summed E-state index contributed by atoms with van der Waals surface area (Å²) in [4.78, 5) is 7.01. The average Bonchev–Trinajstić information content (AvgIpc) is 3.51. The van der Waals surface area contributed by atoms with E-state index >= 15 is 0 Å². The molecule has 0 spiro atoms. The molecular weight excluding hydrogens is 416 g/mol. The van der Waals surface area contributed by atoms with Crippen molar-refractivity contribution >= 4 is 17.3 Å². The smallest absolute Gasteiger partial charge is 0.170 e. The van der Waals surface area contributed by atoms with E-state index in [9.17, 15) is 0 Å². The van der Waals surface area contributed by atoms with Crippen LogP contribution < -0.4 is 5.32 Å². The van der Waals surface area contributed by atoms with Gasteiger partial charge in [0.05, 0.1) is 23.9 Å². The summed E-state index contributed by atoms with van der Waals surface area (Å²) in [5.74, 6) is 0. The molecule has 3 atom stereocenters. The lowest BCUT2D eigenvalue weighted by Crippen LogP contribution is -2.36. The van der Waals surface area contributed by atoms with Crippen LogP contribution in [0, 0.1) is 13.8 Å². The number of nitrogens with zero attached hydrogens (tertiary/aromatic N) is 3. The summed E-state index contributed by atoms with van der Waals surface area (Å²) in [6.45, 7) is 6.94. The molecule has 0 amide bonds. The zero-order chi connectivity index (χ0) is 22.1. The number of hydrogen-bond donors (Lipinski definition) is 1. The van der Waals surface area contributed by atoms with E-state index in [0.717, 1.165) is 43.3 Å². The number of benzene rings is 1. The van der Waals surface area contributed by atoms with Crippen LogP contribution in [0.3, 0.4) is 0 Å². The molecule has 1 aromatic carbocycles. The zero-order valence-electron chi connectivity index (χ0n) is 18.7. The van der Waals surface area contributed by atoms with Gasteiger partial charge in [0.15, 0.2) is 5.11 Å². The number of thiocarbonyl (C=S) groups is 1. The Kier molecular flexibility index (Phi) is 5.98. The molecule has 5 nitrogen and oxygen atoms in total. The Bertz CT molecular complexity index is 1080. The summed E-state index contributed by atoms with van der Waals surface area (Å²) in [6, 6.07) is 19.2. The molecule has 0 saturated carbocycles. The van der Waals surface area contributed by atoms with Gasteiger partial charge in [-0.3, -0.25) is 4.98 Å². The Balaban J connectivity index is 1.53. The summed E-state index contributed by atoms with van der Waals surface area (Å²) in [5, 5.41) is 4.36. The van der Waals surface area contributed by atoms with E-state index in [1.54, 1.807) is 0 Å². The lowest BCUT2D eigenvalue weighted by molar-refractivity contribution is 0.0842. The molecule has 166 valence electrons. The monoisotopic (exact) mass is 446 g/mol. The van der Waals surface area contributed by atoms with Crippen molar-refractivity contribution in [3.8, 4) is 0 Å². The topological polar surface area (TPSA) is 42.3 Å². The maximum Gasteiger partial charge on any atom is 0.170 e. The van der Waals surface area contributed by atoms with Gasteiger partial charge in [0.2, 0.25) is 0 Å². The van der Waals surface area contributed by atoms with Crippen molar-refractivity contribution in [1.82, 2.24) is 19.8 Å². The van der Waals surface area contributed by atoms with Gasteiger partial charge in [-0.25, -0.2) is 0 Å². The maximum atomic E-state index is 5.98. The summed E-state index contributed by atoms with van der Waals surface area (Å²) in [5.41, 5.74) is 6.16. The van der Waals surface area contributed by atoms with Gasteiger partial charge < -0.3 is 19.5 Å². The van der Waals surface area contributed by atoms with Crippen LogP contribution in [0.5, 0.6) is 0 Å². The van der Waals surface area contributed by atoms with Crippen molar-refractivity contribution in [1.29, 1.82) is 0 Å². The number of nitrogens with one attached hydrogen (secondary N) is 1. The second-order valence-corrected chi connectivity index (χ2v) is 9.20. The molecule has 3 aromatic rings. The Morgan fingerprint density at radius 1 is 1.12 bits per heavy atom. The van der Waals surface area contributed by atoms with E-state index in [-0.39, 0.29) is 18.2 Å². The van der Waals surface area contributed by atoms with Crippen molar-refractivity contribution in [3.63, 3.8) is 0 Å². The molecular formula is C26H30N4OS. The first-order chi connectivity index (χ1) is 15.6. The normalized spacial score (nSPS) is 23.0. The fraction of sp³-hybridized carbons (Fsp3) is 0.385. The second kappa shape index (κ2) is 9.04. The van der Waals surface area contributed by atoms with E-state index < -0.39 is 0 Å². The molecule has 5 rings (SSSR count). The molecule has 32 heavy (non-hydrogen) atoms. The van der Waals surface area contributed by atoms with Crippen LogP contribution in [0.4, 0.5) is 0 Å². The maximum absolute atomic E-state index is 5.98. The van der Waals surface area contributed by atoms with Crippen LogP contribution in [0.15, 0.2) is 60.8 Å². The predicted octanol–water partition coefficient (Wildman–Crippen LogP) is 4.70. The van der Waals surface area contributed by atoms with Crippen LogP contribution >= 0.6 is 12.2 Å². The fourth-order valence-electron chi connectivity index (χ4n) is 5.08. The third-order valence-electron chi connectivity index (χ3n) is 6.74. The highest BCUT2D eigenvalue weighted by Gasteiger charge is 2.42. The minimum atomic E-state index is 0.00998. The highest BCUT2D eigenvalue weighted by atomic mass is 32.1. The lowest BCUT2D eigenvalue weighted by Gasteiger charge is -2.30. The highest BCUT2D eigenvalue weighted by Crippen LogP contribution is 2.41. The second-order valence-electron chi connectivity index (χ2n) is 8.81. The predicted molar refractivity (Wildman–Crippen MR) is 131 cm³/mol. The molecule has 4 heterocycles. The number of hydrogen-bond acceptors (Lipinski definition) is 3. The summed E-state index contributed by atoms with van der Waals surface area (Å²) in [7, 11) is 0. The van der Waals surface area contributed by atoms with Crippen molar-refractivity contribution < 1.29 is 4.74 Å². The minimum absolute atomic E-state index is 0.00998. The Morgan fingerprint density at radius 2 is 1.94 bits per heavy atom. The van der Waals surface area contributed by atoms with Gasteiger partial charge in [0, 0.05) is 37.3 Å². The van der Waals surface area contributed by atoms with Crippen LogP contribution in [0.1, 0.15) is 53.1 Å². The third kappa shape index (κ3) is 4.05. The van der Waals surface area contributed by atoms with Gasteiger partial charge in [0.25, 0.3) is 0 Å². The molecule has 0 radical (unpaired) electrons.